The first kappa shape index (κ1) is 30.2. The van der Waals surface area contributed by atoms with E-state index >= 15 is 0 Å². The minimum atomic E-state index is -5.09. The minimum Gasteiger partial charge on any atom is -0.349 e. The lowest BCUT2D eigenvalue weighted by atomic mass is 10.1. The lowest BCUT2D eigenvalue weighted by Crippen LogP contribution is -2.48. The van der Waals surface area contributed by atoms with Gasteiger partial charge in [0.05, 0.1) is 28.9 Å². The average Bonchev–Trinajstić information content (AvgIpc) is 3.21. The van der Waals surface area contributed by atoms with Gasteiger partial charge in [-0.05, 0) is 37.3 Å². The molecule has 2 aromatic heterocycles. The number of nitrogens with zero attached hydrogens (tertiary/aromatic N) is 5. The Hall–Kier alpha value is -3.80. The number of benzene rings is 1. The van der Waals surface area contributed by atoms with Crippen LogP contribution in [0.1, 0.15) is 30.7 Å². The normalized spacial score (nSPS) is 20.3. The summed E-state index contributed by atoms with van der Waals surface area (Å²) in [5.74, 6) is -5.01. The largest absolute Gasteiger partial charge is 0.451 e. The van der Waals surface area contributed by atoms with E-state index in [9.17, 15) is 48.3 Å². The lowest BCUT2D eigenvalue weighted by molar-refractivity contribution is -0.145. The van der Waals surface area contributed by atoms with Crippen molar-refractivity contribution in [2.45, 2.75) is 55.4 Å². The Morgan fingerprint density at radius 1 is 1.00 bits per heavy atom. The first-order valence-electron chi connectivity index (χ1n) is 11.5. The number of hydrogen-bond acceptors (Lipinski definition) is 7. The van der Waals surface area contributed by atoms with Crippen molar-refractivity contribution in [3.8, 4) is 11.3 Å². The molecule has 0 spiro atoms. The van der Waals surface area contributed by atoms with Crippen molar-refractivity contribution in [1.82, 2.24) is 29.6 Å². The van der Waals surface area contributed by atoms with Crippen LogP contribution in [0.4, 0.5) is 35.1 Å². The summed E-state index contributed by atoms with van der Waals surface area (Å²) < 4.78 is 133. The van der Waals surface area contributed by atoms with Crippen molar-refractivity contribution in [2.75, 3.05) is 0 Å². The fourth-order valence-corrected chi connectivity index (χ4v) is 5.87. The number of alkyl halides is 7. The number of sulfonamides is 1. The topological polar surface area (TPSA) is 118 Å². The maximum absolute atomic E-state index is 14.6. The lowest BCUT2D eigenvalue weighted by Gasteiger charge is -2.26. The van der Waals surface area contributed by atoms with Crippen LogP contribution in [0.2, 0.25) is 0 Å². The highest BCUT2D eigenvalue weighted by atomic mass is 32.2. The van der Waals surface area contributed by atoms with Crippen LogP contribution in [0.15, 0.2) is 47.6 Å². The number of amides is 1. The van der Waals surface area contributed by atoms with Gasteiger partial charge in [-0.15, -0.1) is 0 Å². The van der Waals surface area contributed by atoms with Crippen molar-refractivity contribution in [2.24, 2.45) is 0 Å². The van der Waals surface area contributed by atoms with Gasteiger partial charge in [-0.3, -0.25) is 4.79 Å². The van der Waals surface area contributed by atoms with Gasteiger partial charge in [-0.25, -0.2) is 37.1 Å². The maximum Gasteiger partial charge on any atom is 0.451 e. The van der Waals surface area contributed by atoms with Gasteiger partial charge in [0.2, 0.25) is 27.6 Å². The first-order chi connectivity index (χ1) is 19.0. The third kappa shape index (κ3) is 6.42. The summed E-state index contributed by atoms with van der Waals surface area (Å²) in [6.07, 6.45) is -11.1. The molecule has 4 rings (SSSR count). The highest BCUT2D eigenvalue weighted by Crippen LogP contribution is 2.34. The predicted molar refractivity (Wildman–Crippen MR) is 123 cm³/mol. The van der Waals surface area contributed by atoms with E-state index in [1.54, 1.807) is 0 Å². The van der Waals surface area contributed by atoms with Gasteiger partial charge in [0.1, 0.15) is 18.0 Å². The standard InChI is InChI=1S/C23H18F8N6O3S/c1-11-16(25)7-18(37(11)41(39,40)15-4-2-13(24)3-5-15)19(38)32-10-14-6-17(36-21(35-14)23(29,30)31)12-8-33-20(34-9-12)22(26,27)28/h2-6,8-9,11,16,18H,7,10H2,1H3,(H,32,38)/t11-,16+,18-/m0/s1. The highest BCUT2D eigenvalue weighted by molar-refractivity contribution is 7.89. The summed E-state index contributed by atoms with van der Waals surface area (Å²) >= 11 is 0. The Morgan fingerprint density at radius 3 is 2.15 bits per heavy atom. The van der Waals surface area contributed by atoms with Crippen LogP contribution in [0.25, 0.3) is 11.3 Å². The predicted octanol–water partition coefficient (Wildman–Crippen LogP) is 3.92. The Bertz CT molecular complexity index is 1530. The number of carbonyl (C=O) groups excluding carboxylic acids is 1. The summed E-state index contributed by atoms with van der Waals surface area (Å²) in [6.45, 7) is 0.503. The van der Waals surface area contributed by atoms with Crippen LogP contribution >= 0.6 is 0 Å². The zero-order valence-corrected chi connectivity index (χ0v) is 21.4. The van der Waals surface area contributed by atoms with Gasteiger partial charge >= 0.3 is 12.4 Å². The van der Waals surface area contributed by atoms with Crippen LogP contribution < -0.4 is 5.32 Å². The van der Waals surface area contributed by atoms with Gasteiger partial charge in [-0.1, -0.05) is 0 Å². The molecular formula is C23H18F8N6O3S. The Morgan fingerprint density at radius 2 is 1.59 bits per heavy atom. The molecule has 41 heavy (non-hydrogen) atoms. The van der Waals surface area contributed by atoms with Crippen LogP contribution in [0.3, 0.4) is 0 Å². The number of hydrogen-bond donors (Lipinski definition) is 1. The molecular weight excluding hydrogens is 592 g/mol. The molecule has 220 valence electrons. The maximum atomic E-state index is 14.6. The molecule has 0 saturated carbocycles. The van der Waals surface area contributed by atoms with Crippen LogP contribution in [-0.4, -0.2) is 56.8 Å². The molecule has 3 heterocycles. The van der Waals surface area contributed by atoms with Crippen molar-refractivity contribution in [1.29, 1.82) is 0 Å². The number of rotatable bonds is 6. The van der Waals surface area contributed by atoms with E-state index < -0.39 is 93.3 Å². The zero-order chi connectivity index (χ0) is 30.3. The molecule has 18 heteroatoms. The second kappa shape index (κ2) is 10.9. The summed E-state index contributed by atoms with van der Waals surface area (Å²) in [7, 11) is -4.50. The molecule has 0 unspecified atom stereocenters. The molecule has 3 atom stereocenters. The van der Waals surface area contributed by atoms with Gasteiger partial charge in [-0.2, -0.15) is 30.6 Å². The van der Waals surface area contributed by atoms with Gasteiger partial charge in [0.15, 0.2) is 0 Å². The van der Waals surface area contributed by atoms with Crippen molar-refractivity contribution in [3.05, 3.63) is 65.9 Å². The number of halogens is 8. The van der Waals surface area contributed by atoms with E-state index in [2.05, 4.69) is 25.3 Å². The molecule has 1 aromatic carbocycles. The number of aromatic nitrogens is 4. The number of nitrogens with one attached hydrogen (secondary N) is 1. The SMILES string of the molecule is C[C@H]1[C@H](F)C[C@@H](C(=O)NCc2cc(-c3cnc(C(F)(F)F)nc3)nc(C(F)(F)F)n2)N1S(=O)(=O)c1ccc(F)cc1. The van der Waals surface area contributed by atoms with Crippen molar-refractivity contribution in [3.63, 3.8) is 0 Å². The van der Waals surface area contributed by atoms with Crippen LogP contribution in [-0.2, 0) is 33.7 Å². The van der Waals surface area contributed by atoms with E-state index in [4.69, 9.17) is 0 Å². The first-order valence-corrected chi connectivity index (χ1v) is 13.0. The fraction of sp³-hybridized carbons (Fsp3) is 0.348. The Labute approximate surface area is 226 Å². The fourth-order valence-electron chi connectivity index (χ4n) is 4.06. The quantitative estimate of drug-likeness (QED) is 0.421. The molecule has 3 aromatic rings. The minimum absolute atomic E-state index is 0.320. The second-order valence-electron chi connectivity index (χ2n) is 8.87. The van der Waals surface area contributed by atoms with Gasteiger partial charge in [0, 0.05) is 24.4 Å². The van der Waals surface area contributed by atoms with E-state index in [-0.39, 0.29) is 5.56 Å². The van der Waals surface area contributed by atoms with Crippen LogP contribution in [0.5, 0.6) is 0 Å². The third-order valence-corrected chi connectivity index (χ3v) is 8.06. The van der Waals surface area contributed by atoms with Crippen molar-refractivity contribution >= 4 is 15.9 Å². The van der Waals surface area contributed by atoms with Crippen molar-refractivity contribution < 1.29 is 48.3 Å². The Balaban J connectivity index is 1.60. The molecule has 1 aliphatic rings. The number of carbonyl (C=O) groups is 1. The van der Waals surface area contributed by atoms with E-state index in [0.717, 1.165) is 30.3 Å². The monoisotopic (exact) mass is 610 g/mol. The smallest absolute Gasteiger partial charge is 0.349 e. The summed E-state index contributed by atoms with van der Waals surface area (Å²) in [6, 6.07) is 1.62. The molecule has 0 radical (unpaired) electrons. The molecule has 1 amide bonds. The van der Waals surface area contributed by atoms with Crippen LogP contribution in [0, 0.1) is 5.82 Å². The van der Waals surface area contributed by atoms with E-state index in [1.165, 1.54) is 6.92 Å². The molecule has 0 aliphatic carbocycles. The van der Waals surface area contributed by atoms with Gasteiger partial charge < -0.3 is 5.32 Å². The summed E-state index contributed by atoms with van der Waals surface area (Å²) in [5, 5.41) is 2.22. The summed E-state index contributed by atoms with van der Waals surface area (Å²) in [5.41, 5.74) is -1.28. The van der Waals surface area contributed by atoms with E-state index in [0.29, 0.717) is 16.7 Å². The summed E-state index contributed by atoms with van der Waals surface area (Å²) in [4.78, 5) is 25.4. The average molecular weight is 610 g/mol. The highest BCUT2D eigenvalue weighted by Gasteiger charge is 2.49. The molecule has 1 aliphatic heterocycles. The molecule has 0 bridgehead atoms. The molecule has 9 nitrogen and oxygen atoms in total. The third-order valence-electron chi connectivity index (χ3n) is 6.05. The molecule has 1 saturated heterocycles. The Kier molecular flexibility index (Phi) is 8.01. The van der Waals surface area contributed by atoms with E-state index in [1.807, 2.05) is 0 Å². The zero-order valence-electron chi connectivity index (χ0n) is 20.6. The van der Waals surface area contributed by atoms with Gasteiger partial charge in [0.25, 0.3) is 0 Å². The second-order valence-corrected chi connectivity index (χ2v) is 10.7. The molecule has 1 fully saturated rings. The molecule has 1 N–H and O–H groups in total.